The van der Waals surface area contributed by atoms with Crippen LogP contribution in [0.2, 0.25) is 0 Å². The molecule has 1 aromatic rings. The highest BCUT2D eigenvalue weighted by atomic mass is 16.2. The Bertz CT molecular complexity index is 719. The van der Waals surface area contributed by atoms with E-state index in [0.717, 1.165) is 5.56 Å². The van der Waals surface area contributed by atoms with Gasteiger partial charge in [0, 0.05) is 32.5 Å². The number of piperazine rings is 1. The second-order valence-corrected chi connectivity index (χ2v) is 8.45. The molecule has 1 aromatic carbocycles. The van der Waals surface area contributed by atoms with E-state index in [1.165, 1.54) is 6.92 Å². The minimum Gasteiger partial charge on any atom is -0.352 e. The van der Waals surface area contributed by atoms with Crippen LogP contribution in [0, 0.1) is 5.92 Å². The number of rotatable bonds is 6. The second kappa shape index (κ2) is 8.76. The molecule has 3 amide bonds. The van der Waals surface area contributed by atoms with Crippen molar-refractivity contribution in [3.63, 3.8) is 0 Å². The molecule has 0 spiro atoms. The van der Waals surface area contributed by atoms with Crippen molar-refractivity contribution >= 4 is 17.7 Å². The molecule has 28 heavy (non-hydrogen) atoms. The molecule has 2 fully saturated rings. The summed E-state index contributed by atoms with van der Waals surface area (Å²) in [6, 6.07) is 9.55. The fourth-order valence-corrected chi connectivity index (χ4v) is 4.42. The lowest BCUT2D eigenvalue weighted by Gasteiger charge is -2.43. The number of aryl methyl sites for hydroxylation is 1. The van der Waals surface area contributed by atoms with Crippen LogP contribution in [0.1, 0.15) is 45.6 Å². The number of benzene rings is 1. The number of hydrogen-bond donors (Lipinski definition) is 1. The Balaban J connectivity index is 1.71. The first-order valence-electron chi connectivity index (χ1n) is 10.3. The normalized spacial score (nSPS) is 24.4. The van der Waals surface area contributed by atoms with Crippen molar-refractivity contribution < 1.29 is 14.4 Å². The summed E-state index contributed by atoms with van der Waals surface area (Å²) < 4.78 is 0. The molecule has 0 radical (unpaired) electrons. The second-order valence-electron chi connectivity index (χ2n) is 8.45. The summed E-state index contributed by atoms with van der Waals surface area (Å²) in [5.74, 6) is 0.326. The van der Waals surface area contributed by atoms with E-state index >= 15 is 0 Å². The molecule has 0 bridgehead atoms. The van der Waals surface area contributed by atoms with Gasteiger partial charge in [0.1, 0.15) is 6.04 Å². The molecule has 0 aromatic heterocycles. The predicted octanol–water partition coefficient (Wildman–Crippen LogP) is 1.98. The first kappa shape index (κ1) is 20.4. The molecule has 6 heteroatoms. The smallest absolute Gasteiger partial charge is 0.245 e. The van der Waals surface area contributed by atoms with Crippen molar-refractivity contribution in [2.45, 2.75) is 64.6 Å². The number of carbonyl (C=O) groups excluding carboxylic acids is 3. The quantitative estimate of drug-likeness (QED) is 0.814. The highest BCUT2D eigenvalue weighted by Gasteiger charge is 2.46. The molecule has 3 atom stereocenters. The molecule has 3 rings (SSSR count). The van der Waals surface area contributed by atoms with Crippen molar-refractivity contribution in [1.82, 2.24) is 15.1 Å². The van der Waals surface area contributed by atoms with Crippen molar-refractivity contribution in [3.05, 3.63) is 35.9 Å². The molecule has 0 unspecified atom stereocenters. The average Bonchev–Trinajstić information content (AvgIpc) is 3.04. The molecule has 152 valence electrons. The predicted molar refractivity (Wildman–Crippen MR) is 107 cm³/mol. The minimum absolute atomic E-state index is 0.00608. The van der Waals surface area contributed by atoms with Crippen LogP contribution in [0.15, 0.2) is 30.3 Å². The van der Waals surface area contributed by atoms with E-state index in [1.807, 2.05) is 40.1 Å². The zero-order chi connectivity index (χ0) is 20.3. The molecule has 0 aliphatic carbocycles. The first-order chi connectivity index (χ1) is 13.3. The van der Waals surface area contributed by atoms with Gasteiger partial charge in [0.15, 0.2) is 0 Å². The molecule has 2 heterocycles. The van der Waals surface area contributed by atoms with Gasteiger partial charge in [-0.05, 0) is 30.7 Å². The van der Waals surface area contributed by atoms with Crippen LogP contribution in [-0.4, -0.2) is 58.7 Å². The number of carbonyl (C=O) groups is 3. The highest BCUT2D eigenvalue weighted by molar-refractivity contribution is 5.89. The summed E-state index contributed by atoms with van der Waals surface area (Å²) in [7, 11) is 0. The SMILES string of the molecule is CC(=O)N[C@H]1C[C@H]2CN(C(=O)CCc3ccccc3)[C@@H](CC(C)C)C(=O)N2C1. The summed E-state index contributed by atoms with van der Waals surface area (Å²) >= 11 is 0. The molecule has 1 N–H and O–H groups in total. The van der Waals surface area contributed by atoms with Gasteiger partial charge in [0.25, 0.3) is 0 Å². The van der Waals surface area contributed by atoms with Gasteiger partial charge < -0.3 is 15.1 Å². The van der Waals surface area contributed by atoms with Gasteiger partial charge in [0.05, 0.1) is 6.04 Å². The van der Waals surface area contributed by atoms with Gasteiger partial charge in [-0.1, -0.05) is 44.2 Å². The van der Waals surface area contributed by atoms with Gasteiger partial charge in [-0.25, -0.2) is 0 Å². The van der Waals surface area contributed by atoms with E-state index in [-0.39, 0.29) is 29.8 Å². The number of fused-ring (bicyclic) bond motifs is 1. The molecule has 2 aliphatic rings. The zero-order valence-electron chi connectivity index (χ0n) is 17.1. The molecule has 2 saturated heterocycles. The highest BCUT2D eigenvalue weighted by Crippen LogP contribution is 2.29. The topological polar surface area (TPSA) is 69.7 Å². The van der Waals surface area contributed by atoms with E-state index in [9.17, 15) is 14.4 Å². The van der Waals surface area contributed by atoms with Gasteiger partial charge in [-0.3, -0.25) is 14.4 Å². The number of amides is 3. The third kappa shape index (κ3) is 4.72. The summed E-state index contributed by atoms with van der Waals surface area (Å²) in [6.45, 7) is 6.77. The summed E-state index contributed by atoms with van der Waals surface area (Å²) in [4.78, 5) is 41.3. The van der Waals surface area contributed by atoms with E-state index in [1.54, 1.807) is 0 Å². The Morgan fingerprint density at radius 3 is 2.54 bits per heavy atom. The van der Waals surface area contributed by atoms with Crippen molar-refractivity contribution in [3.8, 4) is 0 Å². The molecule has 0 saturated carbocycles. The maximum Gasteiger partial charge on any atom is 0.245 e. The maximum absolute atomic E-state index is 13.2. The number of hydrogen-bond acceptors (Lipinski definition) is 3. The van der Waals surface area contributed by atoms with E-state index in [0.29, 0.717) is 44.7 Å². The van der Waals surface area contributed by atoms with Crippen LogP contribution in [0.4, 0.5) is 0 Å². The molecular weight excluding hydrogens is 354 g/mol. The Labute approximate surface area is 167 Å². The van der Waals surface area contributed by atoms with Crippen LogP contribution in [-0.2, 0) is 20.8 Å². The zero-order valence-corrected chi connectivity index (χ0v) is 17.1. The Morgan fingerprint density at radius 1 is 1.18 bits per heavy atom. The van der Waals surface area contributed by atoms with Crippen LogP contribution in [0.3, 0.4) is 0 Å². The van der Waals surface area contributed by atoms with Crippen LogP contribution in [0.25, 0.3) is 0 Å². The lowest BCUT2D eigenvalue weighted by Crippen LogP contribution is -2.61. The number of nitrogens with one attached hydrogen (secondary N) is 1. The molecular formula is C22H31N3O3. The minimum atomic E-state index is -0.393. The summed E-state index contributed by atoms with van der Waals surface area (Å²) in [6.07, 6.45) is 2.47. The fourth-order valence-electron chi connectivity index (χ4n) is 4.42. The largest absolute Gasteiger partial charge is 0.352 e. The fraction of sp³-hybridized carbons (Fsp3) is 0.591. The number of nitrogens with zero attached hydrogens (tertiary/aromatic N) is 2. The van der Waals surface area contributed by atoms with Crippen molar-refractivity contribution in [2.75, 3.05) is 13.1 Å². The van der Waals surface area contributed by atoms with E-state index in [2.05, 4.69) is 19.2 Å². The lowest BCUT2D eigenvalue weighted by atomic mass is 9.96. The van der Waals surface area contributed by atoms with Gasteiger partial charge in [-0.2, -0.15) is 0 Å². The Morgan fingerprint density at radius 2 is 1.89 bits per heavy atom. The van der Waals surface area contributed by atoms with Gasteiger partial charge in [0.2, 0.25) is 17.7 Å². The Kier molecular flexibility index (Phi) is 6.37. The molecule has 6 nitrogen and oxygen atoms in total. The lowest BCUT2D eigenvalue weighted by molar-refractivity contribution is -0.154. The summed E-state index contributed by atoms with van der Waals surface area (Å²) in [5, 5.41) is 2.93. The monoisotopic (exact) mass is 385 g/mol. The summed E-state index contributed by atoms with van der Waals surface area (Å²) in [5.41, 5.74) is 1.13. The van der Waals surface area contributed by atoms with Crippen LogP contribution >= 0.6 is 0 Å². The third-order valence-corrected chi connectivity index (χ3v) is 5.66. The van der Waals surface area contributed by atoms with Crippen LogP contribution < -0.4 is 5.32 Å². The maximum atomic E-state index is 13.2. The van der Waals surface area contributed by atoms with Crippen molar-refractivity contribution in [1.29, 1.82) is 0 Å². The average molecular weight is 386 g/mol. The van der Waals surface area contributed by atoms with E-state index in [4.69, 9.17) is 0 Å². The molecule has 2 aliphatic heterocycles. The Hall–Kier alpha value is -2.37. The third-order valence-electron chi connectivity index (χ3n) is 5.66. The van der Waals surface area contributed by atoms with Crippen LogP contribution in [0.5, 0.6) is 0 Å². The standard InChI is InChI=1S/C22H31N3O3/c1-15(2)11-20-22(28)24-13-18(23-16(3)26)12-19(24)14-25(20)21(27)10-9-17-7-5-4-6-8-17/h4-8,15,18-20H,9-14H2,1-3H3,(H,23,26)/t18-,19-,20-/m0/s1. The van der Waals surface area contributed by atoms with Gasteiger partial charge in [-0.15, -0.1) is 0 Å². The van der Waals surface area contributed by atoms with E-state index < -0.39 is 6.04 Å². The van der Waals surface area contributed by atoms with Gasteiger partial charge >= 0.3 is 0 Å². The van der Waals surface area contributed by atoms with Crippen molar-refractivity contribution in [2.24, 2.45) is 5.92 Å². The first-order valence-corrected chi connectivity index (χ1v) is 10.3.